The summed E-state index contributed by atoms with van der Waals surface area (Å²) in [7, 11) is 0. The van der Waals surface area contributed by atoms with E-state index in [2.05, 4.69) is 45.6 Å². The van der Waals surface area contributed by atoms with Crippen molar-refractivity contribution in [2.24, 2.45) is 23.2 Å². The van der Waals surface area contributed by atoms with Crippen LogP contribution < -0.4 is 0 Å². The summed E-state index contributed by atoms with van der Waals surface area (Å²) in [5, 5.41) is 0. The molecular formula is C20H37N. The molecule has 0 N–H and O–H groups in total. The average Bonchev–Trinajstić information content (AvgIpc) is 2.38. The lowest BCUT2D eigenvalue weighted by Gasteiger charge is -2.35. The van der Waals surface area contributed by atoms with Crippen LogP contribution in [0.4, 0.5) is 0 Å². The maximum absolute atomic E-state index is 2.71. The molecule has 0 aromatic carbocycles. The molecule has 2 rings (SSSR count). The van der Waals surface area contributed by atoms with Gasteiger partial charge in [0.1, 0.15) is 0 Å². The highest BCUT2D eigenvalue weighted by Crippen LogP contribution is 2.38. The molecule has 1 heterocycles. The van der Waals surface area contributed by atoms with Crippen LogP contribution in [0.3, 0.4) is 0 Å². The SMILES string of the molecule is CC1CCCN(CC(C)CC2=CCC(C(C)(C)C)CC2)C1. The number of hydrogen-bond acceptors (Lipinski definition) is 1. The third-order valence-corrected chi connectivity index (χ3v) is 5.65. The molecule has 0 bridgehead atoms. The Hall–Kier alpha value is -0.300. The minimum absolute atomic E-state index is 0.484. The van der Waals surface area contributed by atoms with Gasteiger partial charge in [0.05, 0.1) is 0 Å². The fraction of sp³-hybridized carbons (Fsp3) is 0.900. The van der Waals surface area contributed by atoms with Gasteiger partial charge in [-0.05, 0) is 68.2 Å². The van der Waals surface area contributed by atoms with E-state index in [0.717, 1.165) is 17.8 Å². The number of rotatable bonds is 4. The number of likely N-dealkylation sites (tertiary alicyclic amines) is 1. The van der Waals surface area contributed by atoms with E-state index in [1.54, 1.807) is 5.57 Å². The molecule has 0 saturated carbocycles. The highest BCUT2D eigenvalue weighted by molar-refractivity contribution is 5.08. The van der Waals surface area contributed by atoms with E-state index in [0.29, 0.717) is 5.41 Å². The van der Waals surface area contributed by atoms with E-state index in [4.69, 9.17) is 0 Å². The molecule has 0 aromatic rings. The van der Waals surface area contributed by atoms with Gasteiger partial charge in [-0.2, -0.15) is 0 Å². The lowest BCUT2D eigenvalue weighted by molar-refractivity contribution is 0.161. The Balaban J connectivity index is 1.76. The zero-order valence-corrected chi connectivity index (χ0v) is 15.1. The summed E-state index contributed by atoms with van der Waals surface area (Å²) in [6, 6.07) is 0. The molecule has 0 amide bonds. The Labute approximate surface area is 133 Å². The van der Waals surface area contributed by atoms with Gasteiger partial charge in [-0.3, -0.25) is 0 Å². The van der Waals surface area contributed by atoms with E-state index < -0.39 is 0 Å². The first-order chi connectivity index (χ1) is 9.84. The second-order valence-corrected chi connectivity index (χ2v) is 9.02. The normalized spacial score (nSPS) is 30.0. The second kappa shape index (κ2) is 7.31. The number of nitrogens with zero attached hydrogens (tertiary/aromatic N) is 1. The van der Waals surface area contributed by atoms with Gasteiger partial charge >= 0.3 is 0 Å². The van der Waals surface area contributed by atoms with Crippen LogP contribution in [0.1, 0.15) is 73.1 Å². The van der Waals surface area contributed by atoms with Crippen LogP contribution in [0.15, 0.2) is 11.6 Å². The van der Waals surface area contributed by atoms with Gasteiger partial charge in [0.25, 0.3) is 0 Å². The Morgan fingerprint density at radius 3 is 2.62 bits per heavy atom. The quantitative estimate of drug-likeness (QED) is 0.617. The van der Waals surface area contributed by atoms with Crippen LogP contribution in [0.5, 0.6) is 0 Å². The minimum atomic E-state index is 0.484. The fourth-order valence-electron chi connectivity index (χ4n) is 4.27. The number of piperidine rings is 1. The predicted octanol–water partition coefficient (Wildman–Crippen LogP) is 5.52. The number of allylic oxidation sites excluding steroid dienone is 2. The molecule has 0 aromatic heterocycles. The van der Waals surface area contributed by atoms with Gasteiger partial charge in [-0.25, -0.2) is 0 Å². The average molecular weight is 292 g/mol. The second-order valence-electron chi connectivity index (χ2n) is 9.02. The third-order valence-electron chi connectivity index (χ3n) is 5.65. The Morgan fingerprint density at radius 1 is 1.29 bits per heavy atom. The van der Waals surface area contributed by atoms with E-state index in [-0.39, 0.29) is 0 Å². The van der Waals surface area contributed by atoms with E-state index in [1.807, 2.05) is 0 Å². The van der Waals surface area contributed by atoms with Gasteiger partial charge in [-0.15, -0.1) is 0 Å². The van der Waals surface area contributed by atoms with Crippen molar-refractivity contribution in [3.63, 3.8) is 0 Å². The molecule has 1 heteroatoms. The van der Waals surface area contributed by atoms with Crippen LogP contribution in [0, 0.1) is 23.2 Å². The van der Waals surface area contributed by atoms with Crippen molar-refractivity contribution >= 4 is 0 Å². The lowest BCUT2D eigenvalue weighted by atomic mass is 9.72. The van der Waals surface area contributed by atoms with Crippen molar-refractivity contribution in [1.29, 1.82) is 0 Å². The smallest absolute Gasteiger partial charge is 0.00102 e. The van der Waals surface area contributed by atoms with E-state index in [1.165, 1.54) is 58.2 Å². The summed E-state index contributed by atoms with van der Waals surface area (Å²) >= 11 is 0. The molecule has 3 atom stereocenters. The molecule has 1 saturated heterocycles. The van der Waals surface area contributed by atoms with Gasteiger partial charge in [0, 0.05) is 13.1 Å². The van der Waals surface area contributed by atoms with Gasteiger partial charge in [-0.1, -0.05) is 46.3 Å². The molecule has 1 nitrogen and oxygen atoms in total. The fourth-order valence-corrected chi connectivity index (χ4v) is 4.27. The van der Waals surface area contributed by atoms with Gasteiger partial charge < -0.3 is 4.90 Å². The van der Waals surface area contributed by atoms with Gasteiger partial charge in [0.15, 0.2) is 0 Å². The van der Waals surface area contributed by atoms with Crippen LogP contribution in [0.2, 0.25) is 0 Å². The molecule has 0 spiro atoms. The highest BCUT2D eigenvalue weighted by Gasteiger charge is 2.26. The molecule has 2 aliphatic rings. The van der Waals surface area contributed by atoms with Gasteiger partial charge in [0.2, 0.25) is 0 Å². The molecule has 1 aliphatic heterocycles. The minimum Gasteiger partial charge on any atom is -0.303 e. The van der Waals surface area contributed by atoms with Crippen LogP contribution in [-0.2, 0) is 0 Å². The largest absolute Gasteiger partial charge is 0.303 e. The van der Waals surface area contributed by atoms with Crippen LogP contribution in [0.25, 0.3) is 0 Å². The molecular weight excluding hydrogens is 254 g/mol. The first-order valence-corrected chi connectivity index (χ1v) is 9.25. The first-order valence-electron chi connectivity index (χ1n) is 9.25. The van der Waals surface area contributed by atoms with E-state index >= 15 is 0 Å². The van der Waals surface area contributed by atoms with Crippen molar-refractivity contribution in [3.05, 3.63) is 11.6 Å². The molecule has 1 fully saturated rings. The van der Waals surface area contributed by atoms with Crippen molar-refractivity contribution in [2.75, 3.05) is 19.6 Å². The monoisotopic (exact) mass is 291 g/mol. The predicted molar refractivity (Wildman–Crippen MR) is 93.5 cm³/mol. The summed E-state index contributed by atoms with van der Waals surface area (Å²) in [6.45, 7) is 16.0. The number of hydrogen-bond donors (Lipinski definition) is 0. The zero-order valence-electron chi connectivity index (χ0n) is 15.1. The summed E-state index contributed by atoms with van der Waals surface area (Å²) in [5.41, 5.74) is 2.23. The summed E-state index contributed by atoms with van der Waals surface area (Å²) in [6.07, 6.45) is 10.8. The van der Waals surface area contributed by atoms with Crippen molar-refractivity contribution in [3.8, 4) is 0 Å². The molecule has 122 valence electrons. The summed E-state index contributed by atoms with van der Waals surface area (Å²) in [5.74, 6) is 2.62. The standard InChI is InChI=1S/C20H37N/c1-16-7-6-12-21(14-16)15-17(2)13-18-8-10-19(11-9-18)20(3,4)5/h8,16-17,19H,6-7,9-15H2,1-5H3. The lowest BCUT2D eigenvalue weighted by Crippen LogP contribution is -2.37. The molecule has 3 unspecified atom stereocenters. The van der Waals surface area contributed by atoms with Crippen LogP contribution >= 0.6 is 0 Å². The highest BCUT2D eigenvalue weighted by atomic mass is 15.1. The van der Waals surface area contributed by atoms with Crippen molar-refractivity contribution in [2.45, 2.75) is 73.1 Å². The first kappa shape index (κ1) is 17.1. The zero-order chi connectivity index (χ0) is 15.5. The van der Waals surface area contributed by atoms with E-state index in [9.17, 15) is 0 Å². The van der Waals surface area contributed by atoms with Crippen LogP contribution in [-0.4, -0.2) is 24.5 Å². The summed E-state index contributed by atoms with van der Waals surface area (Å²) < 4.78 is 0. The van der Waals surface area contributed by atoms with Crippen molar-refractivity contribution < 1.29 is 0 Å². The Bertz CT molecular complexity index is 349. The maximum Gasteiger partial charge on any atom is 0.00102 e. The molecule has 1 aliphatic carbocycles. The Morgan fingerprint density at radius 2 is 2.05 bits per heavy atom. The Kier molecular flexibility index (Phi) is 5.94. The topological polar surface area (TPSA) is 3.24 Å². The molecule has 21 heavy (non-hydrogen) atoms. The summed E-state index contributed by atoms with van der Waals surface area (Å²) in [4.78, 5) is 2.71. The van der Waals surface area contributed by atoms with Crippen molar-refractivity contribution in [1.82, 2.24) is 4.90 Å². The molecule has 0 radical (unpaired) electrons. The third kappa shape index (κ3) is 5.43. The maximum atomic E-state index is 2.71.